The van der Waals surface area contributed by atoms with Crippen LogP contribution in [0.15, 0.2) is 35.3 Å². The number of benzene rings is 1. The number of nitrogens with zero attached hydrogens (tertiary/aromatic N) is 2. The van der Waals surface area contributed by atoms with Gasteiger partial charge in [0, 0.05) is 6.20 Å². The first-order chi connectivity index (χ1) is 11.0. The van der Waals surface area contributed by atoms with Crippen molar-refractivity contribution in [3.63, 3.8) is 0 Å². The minimum atomic E-state index is -1.14. The summed E-state index contributed by atoms with van der Waals surface area (Å²) < 4.78 is 14.0. The molecule has 8 heteroatoms. The van der Waals surface area contributed by atoms with Gasteiger partial charge in [-0.25, -0.2) is 14.2 Å². The van der Waals surface area contributed by atoms with E-state index in [1.165, 1.54) is 24.4 Å². The molecule has 116 valence electrons. The van der Waals surface area contributed by atoms with Gasteiger partial charge in [0.25, 0.3) is 5.56 Å². The van der Waals surface area contributed by atoms with E-state index in [-0.39, 0.29) is 26.4 Å². The van der Waals surface area contributed by atoms with E-state index in [1.54, 1.807) is 18.2 Å². The van der Waals surface area contributed by atoms with Gasteiger partial charge in [-0.3, -0.25) is 9.20 Å². The van der Waals surface area contributed by atoms with Crippen LogP contribution in [0.5, 0.6) is 0 Å². The van der Waals surface area contributed by atoms with Gasteiger partial charge in [-0.15, -0.1) is 0 Å². The molecule has 23 heavy (non-hydrogen) atoms. The normalized spacial score (nSPS) is 11.4. The second kappa shape index (κ2) is 5.94. The number of rotatable bonds is 3. The van der Waals surface area contributed by atoms with E-state index in [0.717, 1.165) is 15.7 Å². The zero-order valence-corrected chi connectivity index (χ0v) is 12.9. The third kappa shape index (κ3) is 3.01. The molecule has 1 aromatic carbocycles. The lowest BCUT2D eigenvalue weighted by Gasteiger charge is -1.99. The molecule has 0 aliphatic carbocycles. The highest BCUT2D eigenvalue weighted by atomic mass is 35.5. The molecule has 0 aliphatic heterocycles. The Morgan fingerprint density at radius 2 is 2.00 bits per heavy atom. The van der Waals surface area contributed by atoms with Crippen LogP contribution in [-0.2, 0) is 0 Å². The van der Waals surface area contributed by atoms with Crippen molar-refractivity contribution in [2.24, 2.45) is 0 Å². The lowest BCUT2D eigenvalue weighted by atomic mass is 10.2. The van der Waals surface area contributed by atoms with Crippen molar-refractivity contribution in [1.29, 1.82) is 0 Å². The number of fused-ring (bicyclic) bond motifs is 1. The Morgan fingerprint density at radius 3 is 2.65 bits per heavy atom. The molecular formula is C15H8ClFN2O3S. The summed E-state index contributed by atoms with van der Waals surface area (Å²) >= 11 is 6.88. The van der Waals surface area contributed by atoms with E-state index < -0.39 is 11.5 Å². The smallest absolute Gasteiger partial charge is 0.347 e. The summed E-state index contributed by atoms with van der Waals surface area (Å²) in [5, 5.41) is 8.86. The van der Waals surface area contributed by atoms with Crippen molar-refractivity contribution >= 4 is 46.0 Å². The lowest BCUT2D eigenvalue weighted by molar-refractivity contribution is 0.0701. The fourth-order valence-corrected chi connectivity index (χ4v) is 2.91. The minimum Gasteiger partial charge on any atom is -0.477 e. The van der Waals surface area contributed by atoms with E-state index in [2.05, 4.69) is 4.98 Å². The Balaban J connectivity index is 2.07. The molecule has 0 atom stereocenters. The van der Waals surface area contributed by atoms with Crippen molar-refractivity contribution in [2.45, 2.75) is 0 Å². The van der Waals surface area contributed by atoms with Gasteiger partial charge in [0.15, 0.2) is 4.96 Å². The highest BCUT2D eigenvalue weighted by Crippen LogP contribution is 2.19. The summed E-state index contributed by atoms with van der Waals surface area (Å²) in [7, 11) is 0. The SMILES string of the molecule is O=C(O)c1cn2c(=O)c(Cl)c(C=Cc3ccc(F)cc3)nc2s1. The number of carbonyl (C=O) groups is 1. The third-order valence-corrected chi connectivity index (χ3v) is 4.34. The van der Waals surface area contributed by atoms with Crippen LogP contribution in [0.1, 0.15) is 20.9 Å². The van der Waals surface area contributed by atoms with Crippen molar-refractivity contribution < 1.29 is 14.3 Å². The molecule has 0 saturated heterocycles. The Bertz CT molecular complexity index is 992. The molecule has 0 radical (unpaired) electrons. The Kier molecular flexibility index (Phi) is 3.97. The quantitative estimate of drug-likeness (QED) is 0.785. The summed E-state index contributed by atoms with van der Waals surface area (Å²) in [6, 6.07) is 5.76. The van der Waals surface area contributed by atoms with Crippen LogP contribution in [0, 0.1) is 5.82 Å². The van der Waals surface area contributed by atoms with Crippen LogP contribution in [0.4, 0.5) is 4.39 Å². The van der Waals surface area contributed by atoms with E-state index in [4.69, 9.17) is 16.7 Å². The molecule has 0 spiro atoms. The van der Waals surface area contributed by atoms with Crippen LogP contribution in [0.2, 0.25) is 5.02 Å². The number of thiazole rings is 1. The Hall–Kier alpha value is -2.51. The zero-order chi connectivity index (χ0) is 16.6. The van der Waals surface area contributed by atoms with Gasteiger partial charge in [0.05, 0.1) is 5.69 Å². The van der Waals surface area contributed by atoms with Gasteiger partial charge in [0.1, 0.15) is 15.7 Å². The van der Waals surface area contributed by atoms with E-state index in [9.17, 15) is 14.0 Å². The van der Waals surface area contributed by atoms with Gasteiger partial charge in [0.2, 0.25) is 0 Å². The molecule has 0 fully saturated rings. The van der Waals surface area contributed by atoms with Gasteiger partial charge in [-0.2, -0.15) is 0 Å². The standard InChI is InChI=1S/C15H8ClFN2O3S/c16-12-10(6-3-8-1-4-9(17)5-2-8)18-15-19(13(12)20)7-11(23-15)14(21)22/h1-7H,(H,21,22). The maximum atomic E-state index is 12.9. The van der Waals surface area contributed by atoms with Crippen molar-refractivity contribution in [2.75, 3.05) is 0 Å². The molecule has 5 nitrogen and oxygen atoms in total. The number of aromatic carboxylic acids is 1. The van der Waals surface area contributed by atoms with Gasteiger partial charge in [-0.1, -0.05) is 41.1 Å². The number of halogens is 2. The summed E-state index contributed by atoms with van der Waals surface area (Å²) in [6.45, 7) is 0. The molecule has 2 heterocycles. The van der Waals surface area contributed by atoms with Crippen molar-refractivity contribution in [1.82, 2.24) is 9.38 Å². The highest BCUT2D eigenvalue weighted by molar-refractivity contribution is 7.18. The average Bonchev–Trinajstić information content (AvgIpc) is 2.95. The molecule has 3 rings (SSSR count). The molecule has 0 amide bonds. The van der Waals surface area contributed by atoms with Crippen LogP contribution in [0.25, 0.3) is 17.1 Å². The largest absolute Gasteiger partial charge is 0.477 e. The second-order valence-electron chi connectivity index (χ2n) is 4.55. The number of carboxylic acid groups (broad SMARTS) is 1. The first-order valence-corrected chi connectivity index (χ1v) is 7.54. The van der Waals surface area contributed by atoms with Gasteiger partial charge >= 0.3 is 5.97 Å². The predicted molar refractivity (Wildman–Crippen MR) is 86.6 cm³/mol. The number of hydrogen-bond donors (Lipinski definition) is 1. The third-order valence-electron chi connectivity index (χ3n) is 3.02. The molecule has 0 unspecified atom stereocenters. The van der Waals surface area contributed by atoms with Gasteiger partial charge in [-0.05, 0) is 23.8 Å². The number of aromatic nitrogens is 2. The van der Waals surface area contributed by atoms with Crippen molar-refractivity contribution in [3.05, 3.63) is 67.8 Å². The topological polar surface area (TPSA) is 71.7 Å². The molecule has 0 bridgehead atoms. The van der Waals surface area contributed by atoms with E-state index >= 15 is 0 Å². The van der Waals surface area contributed by atoms with Crippen LogP contribution >= 0.6 is 22.9 Å². The number of hydrogen-bond acceptors (Lipinski definition) is 4. The van der Waals surface area contributed by atoms with Crippen LogP contribution in [-0.4, -0.2) is 20.5 Å². The average molecular weight is 351 g/mol. The molecule has 2 aromatic heterocycles. The molecule has 0 aliphatic rings. The minimum absolute atomic E-state index is 0.00895. The maximum absolute atomic E-state index is 12.9. The lowest BCUT2D eigenvalue weighted by Crippen LogP contribution is -2.14. The molecular weight excluding hydrogens is 343 g/mol. The zero-order valence-electron chi connectivity index (χ0n) is 11.4. The highest BCUT2D eigenvalue weighted by Gasteiger charge is 2.14. The summed E-state index contributed by atoms with van der Waals surface area (Å²) in [4.78, 5) is 27.6. The van der Waals surface area contributed by atoms with Crippen LogP contribution in [0.3, 0.4) is 0 Å². The molecule has 3 aromatic rings. The second-order valence-corrected chi connectivity index (χ2v) is 5.94. The monoisotopic (exact) mass is 350 g/mol. The first kappa shape index (κ1) is 15.4. The van der Waals surface area contributed by atoms with Crippen molar-refractivity contribution in [3.8, 4) is 0 Å². The van der Waals surface area contributed by atoms with E-state index in [0.29, 0.717) is 5.56 Å². The fraction of sp³-hybridized carbons (Fsp3) is 0. The summed E-state index contributed by atoms with van der Waals surface area (Å²) in [5.74, 6) is -1.49. The van der Waals surface area contributed by atoms with Gasteiger partial charge < -0.3 is 5.11 Å². The van der Waals surface area contributed by atoms with Crippen LogP contribution < -0.4 is 5.56 Å². The predicted octanol–water partition coefficient (Wildman–Crippen LogP) is 3.42. The number of carboxylic acids is 1. The summed E-state index contributed by atoms with van der Waals surface area (Å²) in [6.07, 6.45) is 4.35. The molecule has 0 saturated carbocycles. The Morgan fingerprint density at radius 1 is 1.30 bits per heavy atom. The first-order valence-electron chi connectivity index (χ1n) is 6.34. The maximum Gasteiger partial charge on any atom is 0.347 e. The summed E-state index contributed by atoms with van der Waals surface area (Å²) in [5.41, 5.74) is 0.390. The Labute approximate surface area is 137 Å². The fourth-order valence-electron chi connectivity index (χ4n) is 1.89. The molecule has 1 N–H and O–H groups in total. The van der Waals surface area contributed by atoms with E-state index in [1.807, 2.05) is 0 Å².